The lowest BCUT2D eigenvalue weighted by atomic mass is 10.3. The summed E-state index contributed by atoms with van der Waals surface area (Å²) >= 11 is 0. The number of rotatable bonds is 14. The Kier molecular flexibility index (Phi) is 9.90. The third-order valence-corrected chi connectivity index (χ3v) is 12.5. The minimum absolute atomic E-state index is 0.412. The van der Waals surface area contributed by atoms with E-state index in [0.29, 0.717) is 26.4 Å². The van der Waals surface area contributed by atoms with Crippen LogP contribution in [0.1, 0.15) is 0 Å². The summed E-state index contributed by atoms with van der Waals surface area (Å²) in [6, 6.07) is 58.1. The van der Waals surface area contributed by atoms with Gasteiger partial charge in [-0.1, -0.05) is 133 Å². The first-order chi connectivity index (χ1) is 22.4. The molecule has 0 saturated carbocycles. The van der Waals surface area contributed by atoms with Gasteiger partial charge in [0.15, 0.2) is 8.07 Å². The van der Waals surface area contributed by atoms with Crippen molar-refractivity contribution in [1.82, 2.24) is 0 Å². The van der Waals surface area contributed by atoms with Crippen LogP contribution in [-0.2, 0) is 0 Å². The Morgan fingerprint density at radius 2 is 0.622 bits per heavy atom. The van der Waals surface area contributed by atoms with Gasteiger partial charge in [0.25, 0.3) is 0 Å². The molecule has 0 radical (unpaired) electrons. The molecule has 0 aromatic heterocycles. The van der Waals surface area contributed by atoms with Crippen molar-refractivity contribution in [2.45, 2.75) is 0 Å². The molecule has 0 saturated heterocycles. The van der Waals surface area contributed by atoms with Gasteiger partial charge in [0.1, 0.15) is 49.4 Å². The predicted molar refractivity (Wildman–Crippen MR) is 185 cm³/mol. The van der Waals surface area contributed by atoms with Crippen LogP contribution in [0.5, 0.6) is 23.0 Å². The molecule has 224 valence electrons. The molecule has 6 aromatic carbocycles. The van der Waals surface area contributed by atoms with Crippen LogP contribution in [0, 0.1) is 0 Å². The maximum Gasteiger partial charge on any atom is 0.188 e. The van der Waals surface area contributed by atoms with Crippen molar-refractivity contribution in [1.29, 1.82) is 0 Å². The minimum Gasteiger partial charge on any atom is -0.490 e. The fourth-order valence-electron chi connectivity index (χ4n) is 5.77. The first kappa shape index (κ1) is 29.8. The Bertz CT molecular complexity index is 1610. The predicted octanol–water partition coefficient (Wildman–Crippen LogP) is 5.98. The Hall–Kier alpha value is -5.26. The van der Waals surface area contributed by atoms with Gasteiger partial charge in [0.2, 0.25) is 0 Å². The van der Waals surface area contributed by atoms with Crippen molar-refractivity contribution >= 4 is 28.8 Å². The molecule has 6 aromatic rings. The van der Waals surface area contributed by atoms with Gasteiger partial charge in [-0.2, -0.15) is 0 Å². The van der Waals surface area contributed by atoms with E-state index >= 15 is 0 Å². The van der Waals surface area contributed by atoms with Gasteiger partial charge in [-0.05, 0) is 57.1 Å². The highest BCUT2D eigenvalue weighted by atomic mass is 28.3. The molecule has 45 heavy (non-hydrogen) atoms. The van der Waals surface area contributed by atoms with E-state index in [-0.39, 0.29) is 0 Å². The Morgan fingerprint density at radius 3 is 1.02 bits per heavy atom. The molecule has 0 amide bonds. The molecule has 6 rings (SSSR count). The van der Waals surface area contributed by atoms with Crippen LogP contribution in [-0.4, -0.2) is 34.5 Å². The summed E-state index contributed by atoms with van der Waals surface area (Å²) in [4.78, 5) is 0. The van der Waals surface area contributed by atoms with Gasteiger partial charge >= 0.3 is 0 Å². The average Bonchev–Trinajstić information content (AvgIpc) is 3.12. The summed E-state index contributed by atoms with van der Waals surface area (Å²) < 4.78 is 25.1. The van der Waals surface area contributed by atoms with Crippen molar-refractivity contribution in [2.24, 2.45) is 0 Å². The summed E-state index contributed by atoms with van der Waals surface area (Å²) in [6.07, 6.45) is 0. The second-order valence-corrected chi connectivity index (χ2v) is 14.2. The van der Waals surface area contributed by atoms with E-state index in [2.05, 4.69) is 97.1 Å². The van der Waals surface area contributed by atoms with Crippen LogP contribution in [0.2, 0.25) is 0 Å². The normalized spacial score (nSPS) is 11.0. The second-order valence-electron chi connectivity index (χ2n) is 10.5. The molecule has 0 heterocycles. The maximum absolute atomic E-state index is 6.57. The summed E-state index contributed by atoms with van der Waals surface area (Å²) in [5.74, 6) is 3.34. The number of hydrogen-bond donors (Lipinski definition) is 0. The van der Waals surface area contributed by atoms with Crippen molar-refractivity contribution in [2.75, 3.05) is 26.4 Å². The maximum atomic E-state index is 6.57. The van der Waals surface area contributed by atoms with Crippen molar-refractivity contribution in [3.8, 4) is 23.0 Å². The summed E-state index contributed by atoms with van der Waals surface area (Å²) in [6.45, 7) is 1.69. The molecule has 0 spiro atoms. The third-order valence-electron chi connectivity index (χ3n) is 7.70. The molecule has 4 nitrogen and oxygen atoms in total. The molecule has 0 aliphatic heterocycles. The lowest BCUT2D eigenvalue weighted by Crippen LogP contribution is -2.75. The third kappa shape index (κ3) is 6.95. The molecular weight excluding hydrogens is 573 g/mol. The van der Waals surface area contributed by atoms with Gasteiger partial charge in [-0.25, -0.2) is 0 Å². The average molecular weight is 609 g/mol. The highest BCUT2D eigenvalue weighted by Crippen LogP contribution is 2.21. The van der Waals surface area contributed by atoms with Crippen LogP contribution in [0.3, 0.4) is 0 Å². The zero-order valence-corrected chi connectivity index (χ0v) is 26.1. The molecule has 0 N–H and O–H groups in total. The molecule has 0 unspecified atom stereocenters. The van der Waals surface area contributed by atoms with Crippen LogP contribution in [0.25, 0.3) is 0 Å². The topological polar surface area (TPSA) is 36.9 Å². The number of ether oxygens (including phenoxy) is 4. The Labute approximate surface area is 266 Å². The smallest absolute Gasteiger partial charge is 0.188 e. The fraction of sp³-hybridized carbons (Fsp3) is 0.100. The SMILES string of the molecule is c1ccc(OCCOc2ccccc2[Si](c2ccccc2)(c2ccccc2)c2ccccc2OCCOc2ccccc2)cc1. The monoisotopic (exact) mass is 608 g/mol. The van der Waals surface area contributed by atoms with E-state index in [4.69, 9.17) is 18.9 Å². The van der Waals surface area contributed by atoms with Crippen LogP contribution in [0.15, 0.2) is 170 Å². The molecule has 0 fully saturated rings. The number of para-hydroxylation sites is 4. The zero-order chi connectivity index (χ0) is 30.6. The molecule has 5 heteroatoms. The van der Waals surface area contributed by atoms with E-state index in [0.717, 1.165) is 33.4 Å². The Morgan fingerprint density at radius 1 is 0.311 bits per heavy atom. The standard InChI is InChI=1S/C40H36O4Si/c1-5-17-33(18-6-1)41-29-31-43-37-25-13-15-27-39(37)45(35-21-9-3-10-22-35,36-23-11-4-12-24-36)40-28-16-14-26-38(40)44-32-30-42-34-19-7-2-8-20-34/h1-28H,29-32H2. The Balaban J connectivity index is 1.40. The van der Waals surface area contributed by atoms with Gasteiger partial charge in [0, 0.05) is 0 Å². The fourth-order valence-corrected chi connectivity index (χ4v) is 10.8. The molecule has 0 aliphatic rings. The van der Waals surface area contributed by atoms with E-state index in [1.54, 1.807) is 0 Å². The summed E-state index contributed by atoms with van der Waals surface area (Å²) in [5.41, 5.74) is 0. The van der Waals surface area contributed by atoms with Crippen molar-refractivity contribution in [3.05, 3.63) is 170 Å². The van der Waals surface area contributed by atoms with Crippen molar-refractivity contribution in [3.63, 3.8) is 0 Å². The summed E-state index contributed by atoms with van der Waals surface area (Å²) in [5, 5.41) is 4.78. The zero-order valence-electron chi connectivity index (χ0n) is 25.1. The van der Waals surface area contributed by atoms with Gasteiger partial charge in [-0.3, -0.25) is 0 Å². The van der Waals surface area contributed by atoms with E-state index < -0.39 is 8.07 Å². The van der Waals surface area contributed by atoms with E-state index in [1.165, 1.54) is 10.4 Å². The highest BCUT2D eigenvalue weighted by Gasteiger charge is 2.45. The van der Waals surface area contributed by atoms with Crippen molar-refractivity contribution < 1.29 is 18.9 Å². The van der Waals surface area contributed by atoms with Crippen LogP contribution < -0.4 is 39.7 Å². The van der Waals surface area contributed by atoms with E-state index in [9.17, 15) is 0 Å². The quantitative estimate of drug-likeness (QED) is 0.0867. The van der Waals surface area contributed by atoms with Crippen LogP contribution in [0.4, 0.5) is 0 Å². The highest BCUT2D eigenvalue weighted by molar-refractivity contribution is 7.20. The number of benzene rings is 6. The summed E-state index contributed by atoms with van der Waals surface area (Å²) in [7, 11) is -2.97. The molecule has 0 bridgehead atoms. The first-order valence-electron chi connectivity index (χ1n) is 15.3. The van der Waals surface area contributed by atoms with Crippen LogP contribution >= 0.6 is 0 Å². The molecule has 0 atom stereocenters. The van der Waals surface area contributed by atoms with E-state index in [1.807, 2.05) is 72.8 Å². The largest absolute Gasteiger partial charge is 0.490 e. The lowest BCUT2D eigenvalue weighted by molar-refractivity contribution is 0.218. The molecule has 0 aliphatic carbocycles. The molecular formula is C40H36O4Si. The second kappa shape index (κ2) is 15.0. The van der Waals surface area contributed by atoms with Gasteiger partial charge < -0.3 is 18.9 Å². The minimum atomic E-state index is -2.97. The lowest BCUT2D eigenvalue weighted by Gasteiger charge is -2.36. The van der Waals surface area contributed by atoms with Gasteiger partial charge in [-0.15, -0.1) is 0 Å². The number of hydrogen-bond acceptors (Lipinski definition) is 4. The first-order valence-corrected chi connectivity index (χ1v) is 17.3. The van der Waals surface area contributed by atoms with Gasteiger partial charge in [0.05, 0.1) is 0 Å².